The summed E-state index contributed by atoms with van der Waals surface area (Å²) < 4.78 is 31.5. The molecule has 2 heterocycles. The summed E-state index contributed by atoms with van der Waals surface area (Å²) in [5.41, 5.74) is 2.61. The number of benzene rings is 1. The van der Waals surface area contributed by atoms with Crippen LogP contribution < -0.4 is 9.62 Å². The number of sulfonamides is 1. The molecule has 0 unspecified atom stereocenters. The third-order valence-corrected chi connectivity index (χ3v) is 6.83. The number of esters is 1. The molecule has 0 amide bonds. The van der Waals surface area contributed by atoms with Crippen LogP contribution in [0.3, 0.4) is 0 Å². The average molecular weight is 433 g/mol. The zero-order chi connectivity index (χ0) is 21.6. The van der Waals surface area contributed by atoms with E-state index in [1.807, 2.05) is 24.3 Å². The molecule has 0 bridgehead atoms. The molecule has 0 saturated carbocycles. The minimum Gasteiger partial charge on any atom is -0.465 e. The fraction of sp³-hybridized carbons (Fsp3) is 0.429. The van der Waals surface area contributed by atoms with Gasteiger partial charge in [-0.3, -0.25) is 14.2 Å². The lowest BCUT2D eigenvalue weighted by molar-refractivity contribution is 0.0600. The number of hydrogen-bond acceptors (Lipinski definition) is 7. The lowest BCUT2D eigenvalue weighted by atomic mass is 10.2. The molecule has 30 heavy (non-hydrogen) atoms. The number of rotatable bonds is 8. The smallest absolute Gasteiger partial charge is 0.339 e. The second kappa shape index (κ2) is 10.0. The number of piperazine rings is 1. The van der Waals surface area contributed by atoms with Crippen LogP contribution in [0.1, 0.15) is 28.5 Å². The normalized spacial score (nSPS) is 15.0. The molecule has 1 aliphatic rings. The Bertz CT molecular complexity index is 940. The minimum absolute atomic E-state index is 0.0181. The Morgan fingerprint density at radius 1 is 1.17 bits per heavy atom. The van der Waals surface area contributed by atoms with Gasteiger partial charge in [-0.1, -0.05) is 12.1 Å². The first-order valence-corrected chi connectivity index (χ1v) is 11.6. The van der Waals surface area contributed by atoms with E-state index in [9.17, 15) is 13.2 Å². The molecule has 1 N–H and O–H groups in total. The first-order valence-electron chi connectivity index (χ1n) is 9.98. The summed E-state index contributed by atoms with van der Waals surface area (Å²) in [4.78, 5) is 18.2. The van der Waals surface area contributed by atoms with E-state index in [0.29, 0.717) is 16.9 Å². The van der Waals surface area contributed by atoms with Crippen molar-refractivity contribution in [2.75, 3.05) is 43.3 Å². The minimum atomic E-state index is -3.50. The molecular formula is C21H28N4O4S. The third-order valence-electron chi connectivity index (χ3n) is 5.09. The second-order valence-corrected chi connectivity index (χ2v) is 9.31. The van der Waals surface area contributed by atoms with Crippen LogP contribution in [-0.4, -0.2) is 63.3 Å². The van der Waals surface area contributed by atoms with Gasteiger partial charge in [0.05, 0.1) is 36.4 Å². The highest BCUT2D eigenvalue weighted by molar-refractivity contribution is 7.92. The molecule has 1 aliphatic heterocycles. The van der Waals surface area contributed by atoms with Gasteiger partial charge in [-0.05, 0) is 36.8 Å². The summed E-state index contributed by atoms with van der Waals surface area (Å²) in [6, 6.07) is 10.9. The van der Waals surface area contributed by atoms with E-state index in [1.165, 1.54) is 17.6 Å². The van der Waals surface area contributed by atoms with E-state index in [2.05, 4.69) is 19.9 Å². The van der Waals surface area contributed by atoms with E-state index in [4.69, 9.17) is 0 Å². The maximum atomic E-state index is 12.7. The van der Waals surface area contributed by atoms with Gasteiger partial charge in [0.2, 0.25) is 10.0 Å². The Morgan fingerprint density at radius 3 is 2.43 bits per heavy atom. The molecule has 9 heteroatoms. The summed E-state index contributed by atoms with van der Waals surface area (Å²) in [6.45, 7) is 6.55. The van der Waals surface area contributed by atoms with Crippen molar-refractivity contribution in [2.45, 2.75) is 20.0 Å². The zero-order valence-corrected chi connectivity index (χ0v) is 18.2. The van der Waals surface area contributed by atoms with Gasteiger partial charge in [-0.25, -0.2) is 13.2 Å². The van der Waals surface area contributed by atoms with E-state index >= 15 is 0 Å². The highest BCUT2D eigenvalue weighted by Gasteiger charge is 2.22. The Labute approximate surface area is 177 Å². The van der Waals surface area contributed by atoms with Gasteiger partial charge in [-0.15, -0.1) is 0 Å². The van der Waals surface area contributed by atoms with Crippen LogP contribution in [0.4, 0.5) is 5.69 Å². The number of carbonyl (C=O) groups is 1. The molecule has 0 aliphatic carbocycles. The SMILES string of the molecule is CCS(=O)(=O)N(Cc1ccc(C(=O)OC)cn1)c1ccc(CN2CCNCC2)cc1. The van der Waals surface area contributed by atoms with Crippen molar-refractivity contribution in [1.82, 2.24) is 15.2 Å². The van der Waals surface area contributed by atoms with Crippen molar-refractivity contribution in [3.63, 3.8) is 0 Å². The van der Waals surface area contributed by atoms with Crippen molar-refractivity contribution in [1.29, 1.82) is 0 Å². The van der Waals surface area contributed by atoms with Crippen LogP contribution in [0.2, 0.25) is 0 Å². The lowest BCUT2D eigenvalue weighted by Gasteiger charge is -2.27. The van der Waals surface area contributed by atoms with Crippen molar-refractivity contribution >= 4 is 21.7 Å². The monoisotopic (exact) mass is 432 g/mol. The van der Waals surface area contributed by atoms with Gasteiger partial charge in [0, 0.05) is 38.9 Å². The number of anilines is 1. The zero-order valence-electron chi connectivity index (χ0n) is 17.4. The predicted molar refractivity (Wildman–Crippen MR) is 116 cm³/mol. The van der Waals surface area contributed by atoms with Crippen LogP contribution in [0, 0.1) is 0 Å². The van der Waals surface area contributed by atoms with E-state index in [0.717, 1.165) is 38.3 Å². The molecular weight excluding hydrogens is 404 g/mol. The topological polar surface area (TPSA) is 91.8 Å². The molecule has 2 aromatic rings. The largest absolute Gasteiger partial charge is 0.465 e. The van der Waals surface area contributed by atoms with E-state index in [1.54, 1.807) is 19.1 Å². The van der Waals surface area contributed by atoms with Crippen LogP contribution >= 0.6 is 0 Å². The van der Waals surface area contributed by atoms with Crippen molar-refractivity contribution in [3.05, 3.63) is 59.4 Å². The Kier molecular flexibility index (Phi) is 7.41. The molecule has 0 radical (unpaired) electrons. The first kappa shape index (κ1) is 22.2. The number of nitrogens with zero attached hydrogens (tertiary/aromatic N) is 3. The molecule has 1 aromatic carbocycles. The molecule has 1 aromatic heterocycles. The van der Waals surface area contributed by atoms with Crippen molar-refractivity contribution < 1.29 is 17.9 Å². The van der Waals surface area contributed by atoms with E-state index in [-0.39, 0.29) is 12.3 Å². The molecule has 3 rings (SSSR count). The quantitative estimate of drug-likeness (QED) is 0.634. The van der Waals surface area contributed by atoms with Crippen molar-refractivity contribution in [3.8, 4) is 0 Å². The maximum Gasteiger partial charge on any atom is 0.339 e. The number of pyridine rings is 1. The van der Waals surface area contributed by atoms with Gasteiger partial charge in [0.1, 0.15) is 0 Å². The standard InChI is InChI=1S/C21H28N4O4S/c1-3-30(27,28)25(16-19-7-6-18(14-23-19)21(26)29-2)20-8-4-17(5-9-20)15-24-12-10-22-11-13-24/h4-9,14,22H,3,10-13,15-16H2,1-2H3. The molecule has 162 valence electrons. The summed E-state index contributed by atoms with van der Waals surface area (Å²) in [5.74, 6) is -0.498. The highest BCUT2D eigenvalue weighted by atomic mass is 32.2. The van der Waals surface area contributed by atoms with Gasteiger partial charge in [0.25, 0.3) is 0 Å². The predicted octanol–water partition coefficient (Wildman–Crippen LogP) is 1.63. The van der Waals surface area contributed by atoms with Crippen molar-refractivity contribution in [2.24, 2.45) is 0 Å². The molecule has 8 nitrogen and oxygen atoms in total. The maximum absolute atomic E-state index is 12.7. The molecule has 0 atom stereocenters. The summed E-state index contributed by atoms with van der Waals surface area (Å²) in [6.07, 6.45) is 1.40. The van der Waals surface area contributed by atoms with Crippen LogP contribution in [-0.2, 0) is 27.8 Å². The summed E-state index contributed by atoms with van der Waals surface area (Å²) in [5, 5.41) is 3.34. The van der Waals surface area contributed by atoms with Crippen LogP contribution in [0.15, 0.2) is 42.6 Å². The number of carbonyl (C=O) groups excluding carboxylic acids is 1. The third kappa shape index (κ3) is 5.56. The van der Waals surface area contributed by atoms with Gasteiger partial charge in [-0.2, -0.15) is 0 Å². The highest BCUT2D eigenvalue weighted by Crippen LogP contribution is 2.22. The number of ether oxygens (including phenoxy) is 1. The second-order valence-electron chi connectivity index (χ2n) is 7.13. The molecule has 1 saturated heterocycles. The average Bonchev–Trinajstić information content (AvgIpc) is 2.78. The first-order chi connectivity index (χ1) is 14.4. The summed E-state index contributed by atoms with van der Waals surface area (Å²) >= 11 is 0. The fourth-order valence-corrected chi connectivity index (χ4v) is 4.39. The Balaban J connectivity index is 1.77. The van der Waals surface area contributed by atoms with E-state index < -0.39 is 16.0 Å². The van der Waals surface area contributed by atoms with Crippen LogP contribution in [0.5, 0.6) is 0 Å². The number of nitrogens with one attached hydrogen (secondary N) is 1. The number of aromatic nitrogens is 1. The summed E-state index contributed by atoms with van der Waals surface area (Å²) in [7, 11) is -2.20. The lowest BCUT2D eigenvalue weighted by Crippen LogP contribution is -2.42. The fourth-order valence-electron chi connectivity index (χ4n) is 3.30. The molecule has 0 spiro atoms. The Hall–Kier alpha value is -2.49. The Morgan fingerprint density at radius 2 is 1.87 bits per heavy atom. The van der Waals surface area contributed by atoms with Gasteiger partial charge >= 0.3 is 5.97 Å². The molecule has 1 fully saturated rings. The van der Waals surface area contributed by atoms with Crippen LogP contribution in [0.25, 0.3) is 0 Å². The number of methoxy groups -OCH3 is 1. The number of hydrogen-bond donors (Lipinski definition) is 1. The van der Waals surface area contributed by atoms with Gasteiger partial charge < -0.3 is 10.1 Å². The van der Waals surface area contributed by atoms with Gasteiger partial charge in [0.15, 0.2) is 0 Å².